The summed E-state index contributed by atoms with van der Waals surface area (Å²) in [5.41, 5.74) is 1.93. The van der Waals surface area contributed by atoms with Gasteiger partial charge in [0.05, 0.1) is 18.1 Å². The minimum absolute atomic E-state index is 0.00713. The van der Waals surface area contributed by atoms with E-state index in [1.165, 1.54) is 0 Å². The van der Waals surface area contributed by atoms with Crippen LogP contribution in [0.1, 0.15) is 25.8 Å². The second-order valence-corrected chi connectivity index (χ2v) is 8.50. The van der Waals surface area contributed by atoms with E-state index in [-0.39, 0.29) is 36.4 Å². The molecule has 0 bridgehead atoms. The molecule has 27 heavy (non-hydrogen) atoms. The molecule has 0 saturated carbocycles. The number of morpholine rings is 1. The number of hydrogen-bond donors (Lipinski definition) is 1. The van der Waals surface area contributed by atoms with E-state index in [0.29, 0.717) is 13.1 Å². The third-order valence-corrected chi connectivity index (χ3v) is 6.06. The van der Waals surface area contributed by atoms with Crippen molar-refractivity contribution in [2.24, 2.45) is 5.92 Å². The second-order valence-electron chi connectivity index (χ2n) is 7.65. The number of nitrogens with zero attached hydrogens (tertiary/aromatic N) is 2. The summed E-state index contributed by atoms with van der Waals surface area (Å²) in [7, 11) is 0. The smallest absolute Gasteiger partial charge is 0.227 e. The highest BCUT2D eigenvalue weighted by atomic mass is 79.9. The molecule has 0 radical (unpaired) electrons. The lowest BCUT2D eigenvalue weighted by Crippen LogP contribution is -2.48. The van der Waals surface area contributed by atoms with Crippen LogP contribution in [0, 0.1) is 12.8 Å². The molecule has 0 aliphatic carbocycles. The van der Waals surface area contributed by atoms with Gasteiger partial charge in [-0.15, -0.1) is 0 Å². The first-order valence-electron chi connectivity index (χ1n) is 9.55. The topological polar surface area (TPSA) is 61.9 Å². The van der Waals surface area contributed by atoms with Crippen LogP contribution in [0.15, 0.2) is 22.7 Å². The summed E-state index contributed by atoms with van der Waals surface area (Å²) < 4.78 is 6.74. The predicted octanol–water partition coefficient (Wildman–Crippen LogP) is 2.34. The van der Waals surface area contributed by atoms with Crippen LogP contribution in [0.3, 0.4) is 0 Å². The van der Waals surface area contributed by atoms with Crippen LogP contribution < -0.4 is 10.2 Å². The molecule has 3 rings (SSSR count). The van der Waals surface area contributed by atoms with Gasteiger partial charge in [0.15, 0.2) is 0 Å². The highest BCUT2D eigenvalue weighted by Gasteiger charge is 2.35. The van der Waals surface area contributed by atoms with Gasteiger partial charge in [0.25, 0.3) is 0 Å². The van der Waals surface area contributed by atoms with E-state index in [9.17, 15) is 9.59 Å². The zero-order valence-corrected chi connectivity index (χ0v) is 17.8. The average Bonchev–Trinajstić information content (AvgIpc) is 2.98. The standard InChI is InChI=1S/C20H28BrN3O3/c1-13-8-17(4-5-18(13)21)24-12-16(9-19(24)25)20(26)22-6-7-23-10-14(2)27-15(3)11-23/h4-5,8,14-16H,6-7,9-12H2,1-3H3,(H,22,26). The summed E-state index contributed by atoms with van der Waals surface area (Å²) >= 11 is 3.48. The Labute approximate surface area is 169 Å². The Hall–Kier alpha value is -1.44. The van der Waals surface area contributed by atoms with E-state index in [1.807, 2.05) is 25.1 Å². The summed E-state index contributed by atoms with van der Waals surface area (Å²) in [6.45, 7) is 9.76. The molecule has 2 aliphatic rings. The van der Waals surface area contributed by atoms with Crippen molar-refractivity contribution in [2.75, 3.05) is 37.6 Å². The molecule has 3 atom stereocenters. The Morgan fingerprint density at radius 3 is 2.63 bits per heavy atom. The highest BCUT2D eigenvalue weighted by molar-refractivity contribution is 9.10. The molecule has 1 aromatic carbocycles. The first kappa shape index (κ1) is 20.3. The van der Waals surface area contributed by atoms with E-state index >= 15 is 0 Å². The summed E-state index contributed by atoms with van der Waals surface area (Å²) in [6.07, 6.45) is 0.715. The second kappa shape index (κ2) is 8.71. The summed E-state index contributed by atoms with van der Waals surface area (Å²) in [6, 6.07) is 5.83. The fourth-order valence-electron chi connectivity index (χ4n) is 3.88. The molecule has 3 unspecified atom stereocenters. The number of hydrogen-bond acceptors (Lipinski definition) is 4. The fraction of sp³-hybridized carbons (Fsp3) is 0.600. The van der Waals surface area contributed by atoms with Gasteiger partial charge in [-0.05, 0) is 44.5 Å². The van der Waals surface area contributed by atoms with Gasteiger partial charge in [-0.1, -0.05) is 15.9 Å². The van der Waals surface area contributed by atoms with Crippen molar-refractivity contribution in [3.8, 4) is 0 Å². The summed E-state index contributed by atoms with van der Waals surface area (Å²) in [4.78, 5) is 28.9. The van der Waals surface area contributed by atoms with Crippen molar-refractivity contribution in [2.45, 2.75) is 39.4 Å². The maximum absolute atomic E-state index is 12.5. The van der Waals surface area contributed by atoms with Crippen molar-refractivity contribution in [1.29, 1.82) is 0 Å². The molecule has 1 aromatic rings. The van der Waals surface area contributed by atoms with Crippen LogP contribution in [-0.2, 0) is 14.3 Å². The quantitative estimate of drug-likeness (QED) is 0.767. The monoisotopic (exact) mass is 437 g/mol. The molecule has 6 nitrogen and oxygen atoms in total. The molecule has 0 aromatic heterocycles. The van der Waals surface area contributed by atoms with Crippen LogP contribution in [0.5, 0.6) is 0 Å². The zero-order chi connectivity index (χ0) is 19.6. The Bertz CT molecular complexity index is 702. The maximum atomic E-state index is 12.5. The van der Waals surface area contributed by atoms with Crippen LogP contribution >= 0.6 is 15.9 Å². The van der Waals surface area contributed by atoms with Gasteiger partial charge in [0.1, 0.15) is 0 Å². The number of aryl methyl sites for hydroxylation is 1. The van der Waals surface area contributed by atoms with E-state index in [0.717, 1.165) is 35.4 Å². The number of amides is 2. The first-order valence-corrected chi connectivity index (χ1v) is 10.3. The molecule has 148 valence electrons. The number of rotatable bonds is 5. The van der Waals surface area contributed by atoms with Crippen LogP contribution in [0.25, 0.3) is 0 Å². The SMILES string of the molecule is Cc1cc(N2CC(C(=O)NCCN3CC(C)OC(C)C3)CC2=O)ccc1Br. The molecule has 0 spiro atoms. The van der Waals surface area contributed by atoms with Gasteiger partial charge in [-0.3, -0.25) is 14.5 Å². The van der Waals surface area contributed by atoms with Crippen LogP contribution in [0.4, 0.5) is 5.69 Å². The molecular weight excluding hydrogens is 410 g/mol. The Morgan fingerprint density at radius 1 is 1.26 bits per heavy atom. The Balaban J connectivity index is 1.49. The normalized spacial score (nSPS) is 26.4. The van der Waals surface area contributed by atoms with Crippen LogP contribution in [0.2, 0.25) is 0 Å². The van der Waals surface area contributed by atoms with Crippen molar-refractivity contribution >= 4 is 33.4 Å². The number of halogens is 1. The van der Waals surface area contributed by atoms with Crippen molar-refractivity contribution < 1.29 is 14.3 Å². The first-order chi connectivity index (χ1) is 12.8. The van der Waals surface area contributed by atoms with Gasteiger partial charge >= 0.3 is 0 Å². The average molecular weight is 438 g/mol. The lowest BCUT2D eigenvalue weighted by molar-refractivity contribution is -0.126. The molecular formula is C20H28BrN3O3. The molecule has 1 N–H and O–H groups in total. The number of nitrogens with one attached hydrogen (secondary N) is 1. The van der Waals surface area contributed by atoms with Crippen molar-refractivity contribution in [1.82, 2.24) is 10.2 Å². The van der Waals surface area contributed by atoms with E-state index in [2.05, 4.69) is 40.0 Å². The van der Waals surface area contributed by atoms with Gasteiger partial charge in [-0.2, -0.15) is 0 Å². The van der Waals surface area contributed by atoms with E-state index < -0.39 is 0 Å². The lowest BCUT2D eigenvalue weighted by Gasteiger charge is -2.35. The van der Waals surface area contributed by atoms with Crippen molar-refractivity contribution in [3.63, 3.8) is 0 Å². The molecule has 2 fully saturated rings. The number of benzene rings is 1. The maximum Gasteiger partial charge on any atom is 0.227 e. The molecule has 2 aliphatic heterocycles. The Morgan fingerprint density at radius 2 is 1.96 bits per heavy atom. The van der Waals surface area contributed by atoms with Gasteiger partial charge in [0.2, 0.25) is 11.8 Å². The largest absolute Gasteiger partial charge is 0.373 e. The third kappa shape index (κ3) is 5.09. The minimum atomic E-state index is -0.288. The number of carbonyl (C=O) groups is 2. The van der Waals surface area contributed by atoms with Crippen molar-refractivity contribution in [3.05, 3.63) is 28.2 Å². The molecule has 2 amide bonds. The number of anilines is 1. The summed E-state index contributed by atoms with van der Waals surface area (Å²) in [5.74, 6) is -0.314. The van der Waals surface area contributed by atoms with E-state index in [1.54, 1.807) is 4.90 Å². The number of ether oxygens (including phenoxy) is 1. The van der Waals surface area contributed by atoms with Gasteiger partial charge in [0, 0.05) is 49.3 Å². The summed E-state index contributed by atoms with van der Waals surface area (Å²) in [5, 5.41) is 3.01. The van der Waals surface area contributed by atoms with Crippen LogP contribution in [-0.4, -0.2) is 61.6 Å². The van der Waals surface area contributed by atoms with Gasteiger partial charge < -0.3 is 15.0 Å². The Kier molecular flexibility index (Phi) is 6.55. The van der Waals surface area contributed by atoms with Gasteiger partial charge in [-0.25, -0.2) is 0 Å². The molecule has 2 saturated heterocycles. The zero-order valence-electron chi connectivity index (χ0n) is 16.2. The van der Waals surface area contributed by atoms with E-state index in [4.69, 9.17) is 4.74 Å². The lowest BCUT2D eigenvalue weighted by atomic mass is 10.1. The minimum Gasteiger partial charge on any atom is -0.373 e. The highest BCUT2D eigenvalue weighted by Crippen LogP contribution is 2.28. The third-order valence-electron chi connectivity index (χ3n) is 5.17. The fourth-order valence-corrected chi connectivity index (χ4v) is 4.12. The molecule has 7 heteroatoms. The predicted molar refractivity (Wildman–Crippen MR) is 109 cm³/mol. The molecule has 2 heterocycles. The number of carbonyl (C=O) groups excluding carboxylic acids is 2.